The average molecular weight is 180 g/mol. The quantitative estimate of drug-likeness (QED) is 0.524. The molecule has 66 valence electrons. The van der Waals surface area contributed by atoms with E-state index in [0.717, 1.165) is 0 Å². The van der Waals surface area contributed by atoms with Crippen molar-refractivity contribution in [1.82, 2.24) is 0 Å². The van der Waals surface area contributed by atoms with E-state index in [1.54, 1.807) is 6.92 Å². The molecule has 0 fully saturated rings. The van der Waals surface area contributed by atoms with Crippen LogP contribution in [-0.2, 0) is 4.79 Å². The highest BCUT2D eigenvalue weighted by Gasteiger charge is 2.41. The molecule has 0 aromatic heterocycles. The van der Waals surface area contributed by atoms with Crippen LogP contribution in [0.25, 0.3) is 0 Å². The number of rotatable bonds is 5. The van der Waals surface area contributed by atoms with E-state index in [0.29, 0.717) is 6.42 Å². The Hall–Kier alpha value is -0.0200. The van der Waals surface area contributed by atoms with Crippen LogP contribution in [0.2, 0.25) is 0 Å². The van der Waals surface area contributed by atoms with E-state index in [1.165, 1.54) is 0 Å². The smallest absolute Gasteiger partial charge is 0.330 e. The minimum Gasteiger partial charge on any atom is -0.330 e. The predicted octanol–water partition coefficient (Wildman–Crippen LogP) is 0.104. The van der Waals surface area contributed by atoms with Crippen LogP contribution < -0.4 is 5.73 Å². The molecule has 0 atom stereocenters. The fourth-order valence-corrected chi connectivity index (χ4v) is 2.10. The van der Waals surface area contributed by atoms with Gasteiger partial charge in [0.15, 0.2) is 0 Å². The highest BCUT2D eigenvalue weighted by molar-refractivity contribution is 7.81. The molecule has 4 nitrogen and oxygen atoms in total. The van der Waals surface area contributed by atoms with Crippen molar-refractivity contribution >= 4 is 13.2 Å². The van der Waals surface area contributed by atoms with Gasteiger partial charge in [-0.15, -0.1) is 0 Å². The molecular formula is C6H15NO3P+. The summed E-state index contributed by atoms with van der Waals surface area (Å²) in [4.78, 5) is 29.3. The topological polar surface area (TPSA) is 83.5 Å². The highest BCUT2D eigenvalue weighted by atomic mass is 31.2. The van der Waals surface area contributed by atoms with Crippen molar-refractivity contribution in [2.24, 2.45) is 5.73 Å². The minimum absolute atomic E-state index is 0.0702. The minimum atomic E-state index is -3.27. The third kappa shape index (κ3) is 3.77. The molecule has 0 aliphatic carbocycles. The molecule has 0 aliphatic rings. The molecule has 11 heavy (non-hydrogen) atoms. The van der Waals surface area contributed by atoms with Crippen LogP contribution in [0.1, 0.15) is 19.8 Å². The Morgan fingerprint density at radius 3 is 2.45 bits per heavy atom. The first-order valence-electron chi connectivity index (χ1n) is 3.61. The zero-order valence-electron chi connectivity index (χ0n) is 6.66. The molecule has 0 rings (SSSR count). The molecule has 0 saturated carbocycles. The zero-order valence-corrected chi connectivity index (χ0v) is 7.55. The van der Waals surface area contributed by atoms with Crippen molar-refractivity contribution in [3.63, 3.8) is 0 Å². The highest BCUT2D eigenvalue weighted by Crippen LogP contribution is 2.51. The second-order valence-electron chi connectivity index (χ2n) is 2.39. The normalized spacial score (nSPS) is 11.6. The van der Waals surface area contributed by atoms with E-state index >= 15 is 0 Å². The second-order valence-corrected chi connectivity index (χ2v) is 4.79. The zero-order chi connectivity index (χ0) is 8.91. The van der Waals surface area contributed by atoms with Gasteiger partial charge in [-0.2, -0.15) is 0 Å². The monoisotopic (exact) mass is 180 g/mol. The Labute approximate surface area is 66.9 Å². The van der Waals surface area contributed by atoms with E-state index < -0.39 is 13.2 Å². The number of nitrogens with two attached hydrogens (primary N) is 1. The Balaban J connectivity index is 3.94. The van der Waals surface area contributed by atoms with Gasteiger partial charge in [0.1, 0.15) is 6.16 Å². The van der Waals surface area contributed by atoms with E-state index in [9.17, 15) is 14.6 Å². The van der Waals surface area contributed by atoms with Crippen LogP contribution in [0.15, 0.2) is 0 Å². The summed E-state index contributed by atoms with van der Waals surface area (Å²) in [6, 6.07) is 0. The standard InChI is InChI=1S/C6H15NO3P/c1-2-5-11(9,10)6(8)3-4-7/h9-10H,2-5,7H2,1H3/q+1. The molecule has 0 heterocycles. The Bertz CT molecular complexity index is 138. The number of hydrogen-bond donors (Lipinski definition) is 3. The molecule has 0 unspecified atom stereocenters. The molecule has 0 aromatic carbocycles. The Morgan fingerprint density at radius 2 is 2.09 bits per heavy atom. The lowest BCUT2D eigenvalue weighted by Crippen LogP contribution is -2.13. The molecule has 0 saturated heterocycles. The lowest BCUT2D eigenvalue weighted by atomic mass is 10.5. The van der Waals surface area contributed by atoms with E-state index in [2.05, 4.69) is 0 Å². The molecular weight excluding hydrogens is 165 g/mol. The third-order valence-corrected chi connectivity index (χ3v) is 3.39. The summed E-state index contributed by atoms with van der Waals surface area (Å²) >= 11 is 0. The maximum Gasteiger partial charge on any atom is 0.336 e. The van der Waals surface area contributed by atoms with Crippen LogP contribution in [0, 0.1) is 0 Å². The molecule has 0 aromatic rings. The first-order chi connectivity index (χ1) is 5.04. The molecule has 0 radical (unpaired) electrons. The third-order valence-electron chi connectivity index (χ3n) is 1.29. The predicted molar refractivity (Wildman–Crippen MR) is 45.2 cm³/mol. The second kappa shape index (κ2) is 4.78. The number of carbonyl (C=O) groups is 1. The number of carbonyl (C=O) groups excluding carboxylic acids is 1. The van der Waals surface area contributed by atoms with Gasteiger partial charge in [0.25, 0.3) is 0 Å². The summed E-state index contributed by atoms with van der Waals surface area (Å²) < 4.78 is 0. The molecule has 0 amide bonds. The lowest BCUT2D eigenvalue weighted by Gasteiger charge is -2.07. The van der Waals surface area contributed by atoms with Crippen molar-refractivity contribution in [1.29, 1.82) is 0 Å². The molecule has 5 heteroatoms. The summed E-state index contributed by atoms with van der Waals surface area (Å²) in [5.41, 5.74) is 4.61. The van der Waals surface area contributed by atoms with Crippen LogP contribution >= 0.6 is 7.72 Å². The van der Waals surface area contributed by atoms with Crippen molar-refractivity contribution in [3.8, 4) is 0 Å². The Morgan fingerprint density at radius 1 is 1.55 bits per heavy atom. The van der Waals surface area contributed by atoms with Crippen LogP contribution in [0.5, 0.6) is 0 Å². The lowest BCUT2D eigenvalue weighted by molar-refractivity contribution is -0.112. The fraction of sp³-hybridized carbons (Fsp3) is 0.833. The van der Waals surface area contributed by atoms with Crippen molar-refractivity contribution in [2.75, 3.05) is 12.7 Å². The van der Waals surface area contributed by atoms with Gasteiger partial charge in [-0.25, -0.2) is 14.6 Å². The summed E-state index contributed by atoms with van der Waals surface area (Å²) in [5.74, 6) is 0. The van der Waals surface area contributed by atoms with Crippen LogP contribution in [0.3, 0.4) is 0 Å². The van der Waals surface area contributed by atoms with E-state index in [1.807, 2.05) is 0 Å². The largest absolute Gasteiger partial charge is 0.336 e. The molecule has 0 aliphatic heterocycles. The van der Waals surface area contributed by atoms with Gasteiger partial charge in [-0.1, -0.05) is 6.92 Å². The summed E-state index contributed by atoms with van der Waals surface area (Å²) in [5, 5.41) is 0. The molecule has 4 N–H and O–H groups in total. The first kappa shape index (κ1) is 11.0. The van der Waals surface area contributed by atoms with Crippen LogP contribution in [0.4, 0.5) is 0 Å². The van der Waals surface area contributed by atoms with Gasteiger partial charge in [0, 0.05) is 6.54 Å². The fourth-order valence-electron chi connectivity index (χ4n) is 0.739. The van der Waals surface area contributed by atoms with Crippen molar-refractivity contribution in [3.05, 3.63) is 0 Å². The van der Waals surface area contributed by atoms with E-state index in [-0.39, 0.29) is 19.1 Å². The average Bonchev–Trinajstić information content (AvgIpc) is 1.88. The maximum atomic E-state index is 10.9. The first-order valence-corrected chi connectivity index (χ1v) is 5.49. The van der Waals surface area contributed by atoms with E-state index in [4.69, 9.17) is 5.73 Å². The van der Waals surface area contributed by atoms with Crippen LogP contribution in [-0.4, -0.2) is 28.0 Å². The summed E-state index contributed by atoms with van der Waals surface area (Å²) in [7, 11) is -3.27. The van der Waals surface area contributed by atoms with Gasteiger partial charge in [-0.05, 0) is 6.42 Å². The number of hydrogen-bond acceptors (Lipinski definition) is 4. The summed E-state index contributed by atoms with van der Waals surface area (Å²) in [6.07, 6.45) is 0.865. The van der Waals surface area contributed by atoms with Gasteiger partial charge in [0.2, 0.25) is 0 Å². The van der Waals surface area contributed by atoms with Crippen molar-refractivity contribution in [2.45, 2.75) is 19.8 Å². The molecule has 0 bridgehead atoms. The van der Waals surface area contributed by atoms with Gasteiger partial charge >= 0.3 is 13.2 Å². The van der Waals surface area contributed by atoms with Gasteiger partial charge < -0.3 is 5.73 Å². The maximum absolute atomic E-state index is 10.9. The van der Waals surface area contributed by atoms with Gasteiger partial charge in [0.05, 0.1) is 6.42 Å². The molecule has 0 spiro atoms. The van der Waals surface area contributed by atoms with Crippen molar-refractivity contribution < 1.29 is 14.6 Å². The SMILES string of the molecule is CCC[P+](O)(O)C(=O)CCN. The Kier molecular flexibility index (Phi) is 4.77. The van der Waals surface area contributed by atoms with Gasteiger partial charge in [-0.3, -0.25) is 0 Å². The summed E-state index contributed by atoms with van der Waals surface area (Å²) in [6.45, 7) is 1.99.